The molecule has 2 N–H and O–H groups in total. The van der Waals surface area contributed by atoms with Crippen LogP contribution in [0.1, 0.15) is 0 Å². The maximum Gasteiger partial charge on any atom is 0.279 e. The van der Waals surface area contributed by atoms with E-state index in [9.17, 15) is 13.2 Å². The van der Waals surface area contributed by atoms with E-state index in [1.807, 2.05) is 54.6 Å². The highest BCUT2D eigenvalue weighted by molar-refractivity contribution is 7.89. The lowest BCUT2D eigenvalue weighted by Crippen LogP contribution is -3.15. The van der Waals surface area contributed by atoms with Gasteiger partial charge in [-0.05, 0) is 23.8 Å². The number of para-hydroxylation sites is 1. The molecule has 1 saturated heterocycles. The number of anilines is 1. The molecule has 7 heteroatoms. The Morgan fingerprint density at radius 1 is 0.839 bits per heavy atom. The van der Waals surface area contributed by atoms with E-state index in [1.54, 1.807) is 30.3 Å². The molecule has 0 aliphatic carbocycles. The fourth-order valence-corrected chi connectivity index (χ4v) is 5.31. The van der Waals surface area contributed by atoms with Crippen molar-refractivity contribution in [1.82, 2.24) is 4.31 Å². The van der Waals surface area contributed by atoms with Crippen molar-refractivity contribution in [2.75, 3.05) is 38.0 Å². The zero-order valence-corrected chi connectivity index (χ0v) is 18.0. The van der Waals surface area contributed by atoms with Crippen LogP contribution in [0.3, 0.4) is 0 Å². The van der Waals surface area contributed by atoms with Gasteiger partial charge in [-0.25, -0.2) is 8.42 Å². The Labute approximate surface area is 183 Å². The van der Waals surface area contributed by atoms with Crippen LogP contribution in [-0.2, 0) is 14.8 Å². The minimum Gasteiger partial charge on any atom is -0.325 e. The molecule has 1 amide bonds. The van der Waals surface area contributed by atoms with Crippen LogP contribution >= 0.6 is 0 Å². The number of piperazine rings is 1. The highest BCUT2D eigenvalue weighted by Gasteiger charge is 2.31. The van der Waals surface area contributed by atoms with Gasteiger partial charge in [-0.1, -0.05) is 66.7 Å². The van der Waals surface area contributed by atoms with E-state index >= 15 is 0 Å². The van der Waals surface area contributed by atoms with Crippen LogP contribution in [0.25, 0.3) is 11.1 Å². The van der Waals surface area contributed by atoms with Crippen molar-refractivity contribution in [1.29, 1.82) is 0 Å². The van der Waals surface area contributed by atoms with Crippen LogP contribution in [0, 0.1) is 0 Å². The van der Waals surface area contributed by atoms with Crippen molar-refractivity contribution < 1.29 is 18.1 Å². The summed E-state index contributed by atoms with van der Waals surface area (Å²) in [5.41, 5.74) is 2.80. The largest absolute Gasteiger partial charge is 0.325 e. The molecule has 0 unspecified atom stereocenters. The molecule has 1 fully saturated rings. The van der Waals surface area contributed by atoms with Crippen LogP contribution in [-0.4, -0.2) is 51.4 Å². The number of carbonyl (C=O) groups excluding carboxylic acids is 1. The molecule has 4 rings (SSSR count). The predicted octanol–water partition coefficient (Wildman–Crippen LogP) is 1.88. The van der Waals surface area contributed by atoms with Crippen molar-refractivity contribution in [3.63, 3.8) is 0 Å². The summed E-state index contributed by atoms with van der Waals surface area (Å²) in [5, 5.41) is 3.03. The highest BCUT2D eigenvalue weighted by Crippen LogP contribution is 2.27. The summed E-state index contributed by atoms with van der Waals surface area (Å²) in [6, 6.07) is 26.2. The van der Waals surface area contributed by atoms with Gasteiger partial charge in [-0.3, -0.25) is 4.79 Å². The van der Waals surface area contributed by atoms with E-state index in [0.29, 0.717) is 37.6 Å². The zero-order valence-electron chi connectivity index (χ0n) is 17.2. The van der Waals surface area contributed by atoms with Crippen LogP contribution in [0.4, 0.5) is 5.69 Å². The minimum atomic E-state index is -3.48. The van der Waals surface area contributed by atoms with Gasteiger partial charge in [0.25, 0.3) is 5.91 Å². The van der Waals surface area contributed by atoms with Crippen molar-refractivity contribution >= 4 is 21.6 Å². The molecule has 0 atom stereocenters. The average Bonchev–Trinajstić information content (AvgIpc) is 2.81. The lowest BCUT2D eigenvalue weighted by Gasteiger charge is -2.31. The fraction of sp³-hybridized carbons (Fsp3) is 0.208. The summed E-state index contributed by atoms with van der Waals surface area (Å²) < 4.78 is 27.0. The van der Waals surface area contributed by atoms with Gasteiger partial charge >= 0.3 is 0 Å². The van der Waals surface area contributed by atoms with E-state index in [4.69, 9.17) is 0 Å². The van der Waals surface area contributed by atoms with Gasteiger partial charge in [0.2, 0.25) is 10.0 Å². The third kappa shape index (κ3) is 5.02. The number of amides is 1. The molecule has 0 radical (unpaired) electrons. The van der Waals surface area contributed by atoms with Gasteiger partial charge in [0.05, 0.1) is 31.1 Å². The summed E-state index contributed by atoms with van der Waals surface area (Å²) in [6.07, 6.45) is 0. The molecule has 0 aromatic heterocycles. The summed E-state index contributed by atoms with van der Waals surface area (Å²) in [5.74, 6) is -0.0715. The molecule has 1 heterocycles. The molecular formula is C24H26N3O3S+. The molecule has 1 aliphatic rings. The molecule has 6 nitrogen and oxygen atoms in total. The second kappa shape index (κ2) is 9.43. The third-order valence-electron chi connectivity index (χ3n) is 5.51. The van der Waals surface area contributed by atoms with E-state index in [1.165, 1.54) is 4.31 Å². The zero-order chi connectivity index (χ0) is 21.7. The quantitative estimate of drug-likeness (QED) is 0.620. The summed E-state index contributed by atoms with van der Waals surface area (Å²) >= 11 is 0. The van der Waals surface area contributed by atoms with Crippen molar-refractivity contribution in [3.05, 3.63) is 84.9 Å². The van der Waals surface area contributed by atoms with E-state index in [-0.39, 0.29) is 5.91 Å². The number of nitrogens with zero attached hydrogens (tertiary/aromatic N) is 1. The van der Waals surface area contributed by atoms with Crippen LogP contribution in [0.15, 0.2) is 89.8 Å². The van der Waals surface area contributed by atoms with E-state index in [0.717, 1.165) is 21.7 Å². The maximum absolute atomic E-state index is 12.8. The summed E-state index contributed by atoms with van der Waals surface area (Å²) in [4.78, 5) is 14.1. The number of rotatable bonds is 6. The summed E-state index contributed by atoms with van der Waals surface area (Å²) in [6.45, 7) is 2.31. The topological polar surface area (TPSA) is 70.9 Å². The normalized spacial score (nSPS) is 15.5. The predicted molar refractivity (Wildman–Crippen MR) is 121 cm³/mol. The van der Waals surface area contributed by atoms with Crippen molar-refractivity contribution in [2.24, 2.45) is 0 Å². The number of nitrogens with one attached hydrogen (secondary N) is 2. The Balaban J connectivity index is 1.36. The lowest BCUT2D eigenvalue weighted by molar-refractivity contribution is -0.895. The second-order valence-electron chi connectivity index (χ2n) is 7.60. The Kier molecular flexibility index (Phi) is 6.46. The molecular weight excluding hydrogens is 410 g/mol. The van der Waals surface area contributed by atoms with Crippen molar-refractivity contribution in [3.8, 4) is 11.1 Å². The number of carbonyl (C=O) groups is 1. The number of hydrogen-bond acceptors (Lipinski definition) is 3. The van der Waals surface area contributed by atoms with Gasteiger partial charge in [0.1, 0.15) is 0 Å². The smallest absolute Gasteiger partial charge is 0.279 e. The molecule has 0 saturated carbocycles. The van der Waals surface area contributed by atoms with Gasteiger partial charge in [-0.2, -0.15) is 4.31 Å². The first-order valence-corrected chi connectivity index (χ1v) is 11.8. The molecule has 0 bridgehead atoms. The maximum atomic E-state index is 12.8. The molecule has 1 aliphatic heterocycles. The first-order chi connectivity index (χ1) is 15.0. The molecule has 3 aromatic carbocycles. The van der Waals surface area contributed by atoms with Crippen LogP contribution in [0.5, 0.6) is 0 Å². The molecule has 3 aromatic rings. The molecule has 31 heavy (non-hydrogen) atoms. The highest BCUT2D eigenvalue weighted by atomic mass is 32.2. The fourth-order valence-electron chi connectivity index (χ4n) is 3.84. The monoisotopic (exact) mass is 436 g/mol. The standard InChI is InChI=1S/C24H25N3O3S/c28-24(25-23-14-8-7-13-22(23)20-9-3-1-4-10-20)19-26-15-17-27(18-16-26)31(29,30)21-11-5-2-6-12-21/h1-14H,15-19H2,(H,25,28)/p+1. The minimum absolute atomic E-state index is 0.0715. The first-order valence-electron chi connectivity index (χ1n) is 10.4. The lowest BCUT2D eigenvalue weighted by atomic mass is 10.0. The SMILES string of the molecule is O=C(C[NH+]1CCN(S(=O)(=O)c2ccccc2)CC1)Nc1ccccc1-c1ccccc1. The second-order valence-corrected chi connectivity index (χ2v) is 9.54. The Morgan fingerprint density at radius 2 is 1.42 bits per heavy atom. The Hall–Kier alpha value is -3.00. The van der Waals surface area contributed by atoms with Crippen LogP contribution in [0.2, 0.25) is 0 Å². The molecule has 160 valence electrons. The number of quaternary nitrogens is 1. The number of sulfonamides is 1. The Morgan fingerprint density at radius 3 is 2.10 bits per heavy atom. The van der Waals surface area contributed by atoms with Gasteiger partial charge < -0.3 is 10.2 Å². The third-order valence-corrected chi connectivity index (χ3v) is 7.42. The number of hydrogen-bond donors (Lipinski definition) is 2. The first kappa shape index (κ1) is 21.2. The van der Waals surface area contributed by atoms with E-state index < -0.39 is 10.0 Å². The van der Waals surface area contributed by atoms with Gasteiger partial charge in [0, 0.05) is 11.3 Å². The van der Waals surface area contributed by atoms with E-state index in [2.05, 4.69) is 5.32 Å². The molecule has 0 spiro atoms. The summed E-state index contributed by atoms with van der Waals surface area (Å²) in [7, 11) is -3.48. The van der Waals surface area contributed by atoms with Crippen molar-refractivity contribution in [2.45, 2.75) is 4.90 Å². The average molecular weight is 437 g/mol. The van der Waals surface area contributed by atoms with Crippen LogP contribution < -0.4 is 10.2 Å². The van der Waals surface area contributed by atoms with Gasteiger partial charge in [-0.15, -0.1) is 0 Å². The van der Waals surface area contributed by atoms with Gasteiger partial charge in [0.15, 0.2) is 6.54 Å². The number of benzene rings is 3. The Bertz CT molecular complexity index is 1130.